The summed E-state index contributed by atoms with van der Waals surface area (Å²) >= 11 is 0. The molecule has 3 nitrogen and oxygen atoms in total. The summed E-state index contributed by atoms with van der Waals surface area (Å²) in [4.78, 5) is 2.91. The number of hydrogen-bond donors (Lipinski definition) is 2. The minimum atomic E-state index is 0.459. The number of nitrogens with one attached hydrogen (secondary N) is 1. The Morgan fingerprint density at radius 2 is 1.39 bits per heavy atom. The summed E-state index contributed by atoms with van der Waals surface area (Å²) in [5.41, 5.74) is 6.14. The van der Waals surface area contributed by atoms with Crippen LogP contribution in [0.2, 0.25) is 0 Å². The number of rotatable bonds is 7. The van der Waals surface area contributed by atoms with Crippen LogP contribution in [0.5, 0.6) is 0 Å². The van der Waals surface area contributed by atoms with Crippen LogP contribution < -0.4 is 11.1 Å². The van der Waals surface area contributed by atoms with E-state index in [1.54, 1.807) is 0 Å². The number of hydrogen-bond acceptors (Lipinski definition) is 3. The van der Waals surface area contributed by atoms with Crippen molar-refractivity contribution in [3.05, 3.63) is 0 Å². The molecule has 0 spiro atoms. The van der Waals surface area contributed by atoms with Gasteiger partial charge in [0.25, 0.3) is 0 Å². The lowest BCUT2D eigenvalue weighted by Crippen LogP contribution is -2.53. The highest BCUT2D eigenvalue weighted by Gasteiger charge is 2.34. The number of nitrogens with two attached hydrogens (primary N) is 1. The van der Waals surface area contributed by atoms with Gasteiger partial charge in [-0.3, -0.25) is 4.90 Å². The van der Waals surface area contributed by atoms with Crippen molar-refractivity contribution in [3.63, 3.8) is 0 Å². The van der Waals surface area contributed by atoms with Gasteiger partial charge >= 0.3 is 0 Å². The van der Waals surface area contributed by atoms with Gasteiger partial charge < -0.3 is 11.1 Å². The lowest BCUT2D eigenvalue weighted by molar-refractivity contribution is 0.0353. The molecule has 2 rings (SSSR count). The fraction of sp³-hybridized carbons (Fsp3) is 1.00. The molecule has 0 radical (unpaired) electrons. The van der Waals surface area contributed by atoms with Crippen molar-refractivity contribution in [1.29, 1.82) is 0 Å². The summed E-state index contributed by atoms with van der Waals surface area (Å²) in [6.07, 6.45) is 13.1. The second kappa shape index (κ2) is 9.39. The zero-order valence-corrected chi connectivity index (χ0v) is 16.1. The Kier molecular flexibility index (Phi) is 7.84. The molecule has 23 heavy (non-hydrogen) atoms. The molecule has 3 heteroatoms. The van der Waals surface area contributed by atoms with Crippen LogP contribution in [0, 0.1) is 0 Å². The summed E-state index contributed by atoms with van der Waals surface area (Å²) < 4.78 is 0. The minimum Gasteiger partial charge on any atom is -0.328 e. The van der Waals surface area contributed by atoms with E-state index in [2.05, 4.69) is 37.9 Å². The van der Waals surface area contributed by atoms with Crippen LogP contribution >= 0.6 is 0 Å². The van der Waals surface area contributed by atoms with Crippen LogP contribution in [0.1, 0.15) is 91.9 Å². The molecule has 136 valence electrons. The molecule has 0 saturated heterocycles. The van der Waals surface area contributed by atoms with Gasteiger partial charge in [0.15, 0.2) is 0 Å². The molecule has 0 amide bonds. The maximum absolute atomic E-state index is 6.14. The van der Waals surface area contributed by atoms with E-state index < -0.39 is 0 Å². The predicted octanol–water partition coefficient (Wildman–Crippen LogP) is 4.06. The van der Waals surface area contributed by atoms with Gasteiger partial charge in [-0.15, -0.1) is 0 Å². The Labute approximate surface area is 144 Å². The van der Waals surface area contributed by atoms with Gasteiger partial charge in [0.2, 0.25) is 0 Å². The van der Waals surface area contributed by atoms with Crippen LogP contribution in [0.4, 0.5) is 0 Å². The SMILES string of the molecule is CCC(C)NC1CCC(N(C(C)CC)C2CCC(N)CC2)CC1. The summed E-state index contributed by atoms with van der Waals surface area (Å²) in [6, 6.07) is 4.19. The van der Waals surface area contributed by atoms with Crippen molar-refractivity contribution >= 4 is 0 Å². The van der Waals surface area contributed by atoms with Gasteiger partial charge in [0, 0.05) is 36.3 Å². The maximum atomic E-state index is 6.14. The molecule has 0 heterocycles. The van der Waals surface area contributed by atoms with Gasteiger partial charge in [0.1, 0.15) is 0 Å². The highest BCUT2D eigenvalue weighted by atomic mass is 15.2. The molecule has 2 fully saturated rings. The molecule has 0 aliphatic heterocycles. The molecule has 0 aromatic rings. The molecule has 0 bridgehead atoms. The van der Waals surface area contributed by atoms with Gasteiger partial charge in [-0.05, 0) is 78.1 Å². The summed E-state index contributed by atoms with van der Waals surface area (Å²) in [7, 11) is 0. The molecule has 3 N–H and O–H groups in total. The Hall–Kier alpha value is -0.120. The molecule has 0 aromatic carbocycles. The molecule has 2 aliphatic carbocycles. The highest BCUT2D eigenvalue weighted by molar-refractivity contribution is 4.91. The smallest absolute Gasteiger partial charge is 0.0102 e. The fourth-order valence-electron chi connectivity index (χ4n) is 4.69. The van der Waals surface area contributed by atoms with Crippen LogP contribution in [-0.2, 0) is 0 Å². The Balaban J connectivity index is 1.90. The lowest BCUT2D eigenvalue weighted by Gasteiger charge is -2.47. The standard InChI is InChI=1S/C20H41N3/c1-5-15(3)22-18-9-13-20(14-10-18)23(16(4)6-2)19-11-7-17(21)8-12-19/h15-20,22H,5-14,21H2,1-4H3. The third-order valence-electron chi connectivity index (χ3n) is 6.51. The van der Waals surface area contributed by atoms with Crippen molar-refractivity contribution in [2.45, 2.75) is 128 Å². The van der Waals surface area contributed by atoms with E-state index >= 15 is 0 Å². The van der Waals surface area contributed by atoms with Crippen LogP contribution in [0.25, 0.3) is 0 Å². The molecule has 2 aliphatic rings. The van der Waals surface area contributed by atoms with Crippen molar-refractivity contribution in [1.82, 2.24) is 10.2 Å². The van der Waals surface area contributed by atoms with Crippen molar-refractivity contribution in [2.24, 2.45) is 5.73 Å². The topological polar surface area (TPSA) is 41.3 Å². The van der Waals surface area contributed by atoms with E-state index in [-0.39, 0.29) is 0 Å². The van der Waals surface area contributed by atoms with Crippen molar-refractivity contribution in [3.8, 4) is 0 Å². The first-order valence-electron chi connectivity index (χ1n) is 10.3. The van der Waals surface area contributed by atoms with E-state index in [0.717, 1.165) is 24.2 Å². The van der Waals surface area contributed by atoms with Crippen LogP contribution in [0.3, 0.4) is 0 Å². The molecule has 2 atom stereocenters. The number of nitrogens with zero attached hydrogens (tertiary/aromatic N) is 1. The minimum absolute atomic E-state index is 0.459. The first kappa shape index (κ1) is 19.2. The lowest BCUT2D eigenvalue weighted by atomic mass is 9.84. The summed E-state index contributed by atoms with van der Waals surface area (Å²) in [5, 5.41) is 3.82. The predicted molar refractivity (Wildman–Crippen MR) is 101 cm³/mol. The molecular formula is C20H41N3. The second-order valence-electron chi connectivity index (χ2n) is 8.25. The third kappa shape index (κ3) is 5.44. The van der Waals surface area contributed by atoms with Crippen molar-refractivity contribution < 1.29 is 0 Å². The monoisotopic (exact) mass is 323 g/mol. The quantitative estimate of drug-likeness (QED) is 0.742. The molecule has 2 unspecified atom stereocenters. The van der Waals surface area contributed by atoms with Gasteiger partial charge in [0.05, 0.1) is 0 Å². The summed E-state index contributed by atoms with van der Waals surface area (Å²) in [6.45, 7) is 9.39. The van der Waals surface area contributed by atoms with E-state index in [1.165, 1.54) is 64.2 Å². The van der Waals surface area contributed by atoms with Crippen LogP contribution in [0.15, 0.2) is 0 Å². The average molecular weight is 324 g/mol. The zero-order valence-electron chi connectivity index (χ0n) is 16.1. The molecule has 2 saturated carbocycles. The highest BCUT2D eigenvalue weighted by Crippen LogP contribution is 2.32. The molecule has 0 aromatic heterocycles. The van der Waals surface area contributed by atoms with Crippen molar-refractivity contribution in [2.75, 3.05) is 0 Å². The Bertz CT molecular complexity index is 317. The zero-order chi connectivity index (χ0) is 16.8. The largest absolute Gasteiger partial charge is 0.328 e. The summed E-state index contributed by atoms with van der Waals surface area (Å²) in [5.74, 6) is 0. The van der Waals surface area contributed by atoms with Crippen LogP contribution in [-0.4, -0.2) is 41.2 Å². The van der Waals surface area contributed by atoms with E-state index in [4.69, 9.17) is 5.73 Å². The first-order valence-corrected chi connectivity index (χ1v) is 10.3. The average Bonchev–Trinajstić information content (AvgIpc) is 2.58. The van der Waals surface area contributed by atoms with Gasteiger partial charge in [-0.2, -0.15) is 0 Å². The normalized spacial score (nSPS) is 35.2. The third-order valence-corrected chi connectivity index (χ3v) is 6.51. The maximum Gasteiger partial charge on any atom is 0.0102 e. The van der Waals surface area contributed by atoms with E-state index in [0.29, 0.717) is 12.1 Å². The molecular weight excluding hydrogens is 282 g/mol. The van der Waals surface area contributed by atoms with Gasteiger partial charge in [-0.1, -0.05) is 13.8 Å². The first-order chi connectivity index (χ1) is 11.0. The Morgan fingerprint density at radius 3 is 1.87 bits per heavy atom. The second-order valence-corrected chi connectivity index (χ2v) is 8.25. The van der Waals surface area contributed by atoms with E-state index in [9.17, 15) is 0 Å². The Morgan fingerprint density at radius 1 is 0.870 bits per heavy atom. The van der Waals surface area contributed by atoms with Gasteiger partial charge in [-0.25, -0.2) is 0 Å². The fourth-order valence-corrected chi connectivity index (χ4v) is 4.69. The van der Waals surface area contributed by atoms with E-state index in [1.807, 2.05) is 0 Å².